The second-order valence-electron chi connectivity index (χ2n) is 14.1. The van der Waals surface area contributed by atoms with Gasteiger partial charge in [0.15, 0.2) is 0 Å². The Morgan fingerprint density at radius 1 is 0.521 bits per heavy atom. The summed E-state index contributed by atoms with van der Waals surface area (Å²) in [6.07, 6.45) is 17.7. The minimum Gasteiger partial charge on any atom is -0.466 e. The van der Waals surface area contributed by atoms with E-state index in [0.717, 1.165) is 67.1 Å². The van der Waals surface area contributed by atoms with Crippen molar-refractivity contribution >= 4 is 49.6 Å². The maximum absolute atomic E-state index is 12.0. The summed E-state index contributed by atoms with van der Waals surface area (Å²) in [4.78, 5) is 35.1. The molecule has 0 spiro atoms. The molecule has 0 bridgehead atoms. The number of hydrogen-bond acceptors (Lipinski definition) is 4. The Morgan fingerprint density at radius 3 is 1.21 bits per heavy atom. The van der Waals surface area contributed by atoms with Crippen LogP contribution in [-0.2, 0) is 19.1 Å². The molecule has 0 saturated heterocycles. The summed E-state index contributed by atoms with van der Waals surface area (Å²) in [6.45, 7) is 17.2. The lowest BCUT2D eigenvalue weighted by Crippen LogP contribution is -2.42. The maximum atomic E-state index is 12.0. The van der Waals surface area contributed by atoms with E-state index in [4.69, 9.17) is 4.74 Å². The monoisotopic (exact) mass is 810 g/mol. The van der Waals surface area contributed by atoms with E-state index < -0.39 is 0 Å². The standard InChI is InChI=1S/C36H68N4O4.2CH3Br/c1-32(2)35(42)37-25-22-29-39(5,6)27-19-15-11-9-13-17-21-31-44-34(41)24-18-14-10-12-16-20-28-40(7,8)30-23-26-38-36(43)33(3)4;2*1-2/h1,3,9-31H2,2,4-8H3;2*1H3/p+2. The van der Waals surface area contributed by atoms with Gasteiger partial charge >= 0.3 is 5.97 Å². The van der Waals surface area contributed by atoms with Crippen LogP contribution in [0.4, 0.5) is 0 Å². The number of quaternary nitrogens is 2. The summed E-state index contributed by atoms with van der Waals surface area (Å²) in [5, 5.41) is 5.82. The number of halogens is 2. The maximum Gasteiger partial charge on any atom is 0.305 e. The molecule has 2 amide bonds. The zero-order chi connectivity index (χ0) is 37.3. The van der Waals surface area contributed by atoms with Crippen molar-refractivity contribution < 1.29 is 28.1 Å². The van der Waals surface area contributed by atoms with Crippen LogP contribution in [0.25, 0.3) is 0 Å². The Bertz CT molecular complexity index is 851. The van der Waals surface area contributed by atoms with Crippen LogP contribution in [0.3, 0.4) is 0 Å². The molecule has 0 heterocycles. The van der Waals surface area contributed by atoms with Crippen molar-refractivity contribution in [1.82, 2.24) is 10.6 Å². The molecule has 284 valence electrons. The topological polar surface area (TPSA) is 84.5 Å². The number of rotatable bonds is 29. The summed E-state index contributed by atoms with van der Waals surface area (Å²) in [5.74, 6) is 3.49. The van der Waals surface area contributed by atoms with E-state index in [1.54, 1.807) is 13.8 Å². The van der Waals surface area contributed by atoms with Gasteiger partial charge in [0, 0.05) is 43.5 Å². The molecule has 0 aromatic carbocycles. The van der Waals surface area contributed by atoms with Crippen molar-refractivity contribution in [2.75, 3.05) is 85.7 Å². The van der Waals surface area contributed by atoms with E-state index in [9.17, 15) is 14.4 Å². The van der Waals surface area contributed by atoms with Gasteiger partial charge in [-0.2, -0.15) is 0 Å². The fraction of sp³-hybridized carbons (Fsp3) is 0.816. The van der Waals surface area contributed by atoms with Gasteiger partial charge in [-0.25, -0.2) is 0 Å². The van der Waals surface area contributed by atoms with E-state index in [0.29, 0.717) is 37.3 Å². The smallest absolute Gasteiger partial charge is 0.305 e. The second-order valence-corrected chi connectivity index (χ2v) is 14.1. The molecule has 0 aliphatic carbocycles. The normalized spacial score (nSPS) is 11.0. The molecule has 0 radical (unpaired) electrons. The Kier molecular flexibility index (Phi) is 36.5. The van der Waals surface area contributed by atoms with Crippen LogP contribution in [0.5, 0.6) is 0 Å². The number of carbonyl (C=O) groups excluding carboxylic acids is 3. The summed E-state index contributed by atoms with van der Waals surface area (Å²) < 4.78 is 7.41. The van der Waals surface area contributed by atoms with Crippen molar-refractivity contribution in [3.63, 3.8) is 0 Å². The molecule has 0 aliphatic heterocycles. The average molecular weight is 813 g/mol. The highest BCUT2D eigenvalue weighted by Crippen LogP contribution is 2.12. The zero-order valence-electron chi connectivity index (χ0n) is 32.5. The molecule has 0 aromatic rings. The van der Waals surface area contributed by atoms with E-state index in [2.05, 4.69) is 83.8 Å². The lowest BCUT2D eigenvalue weighted by atomic mass is 10.1. The Balaban J connectivity index is -0.00000486. The van der Waals surface area contributed by atoms with Crippen molar-refractivity contribution in [2.24, 2.45) is 0 Å². The van der Waals surface area contributed by atoms with Crippen LogP contribution in [0.1, 0.15) is 117 Å². The highest BCUT2D eigenvalue weighted by Gasteiger charge is 2.15. The van der Waals surface area contributed by atoms with Gasteiger partial charge in [0.1, 0.15) is 0 Å². The molecule has 0 fully saturated rings. The third kappa shape index (κ3) is 36.1. The van der Waals surface area contributed by atoms with E-state index in [1.807, 2.05) is 11.7 Å². The average Bonchev–Trinajstić information content (AvgIpc) is 3.05. The van der Waals surface area contributed by atoms with Crippen molar-refractivity contribution in [3.8, 4) is 0 Å². The molecule has 0 rings (SSSR count). The quantitative estimate of drug-likeness (QED) is 0.0262. The van der Waals surface area contributed by atoms with E-state index in [-0.39, 0.29) is 17.8 Å². The third-order valence-corrected chi connectivity index (χ3v) is 8.29. The summed E-state index contributed by atoms with van der Waals surface area (Å²) in [5.41, 5.74) is 1.13. The van der Waals surface area contributed by atoms with Gasteiger partial charge in [-0.3, -0.25) is 14.4 Å². The zero-order valence-corrected chi connectivity index (χ0v) is 35.6. The Hall–Kier alpha value is -1.23. The molecule has 8 nitrogen and oxygen atoms in total. The van der Waals surface area contributed by atoms with Gasteiger partial charge in [-0.1, -0.05) is 90.0 Å². The molecule has 0 unspecified atom stereocenters. The summed E-state index contributed by atoms with van der Waals surface area (Å²) in [7, 11) is 9.06. The van der Waals surface area contributed by atoms with Crippen LogP contribution < -0.4 is 10.6 Å². The number of hydrogen-bond donors (Lipinski definition) is 2. The molecule has 2 N–H and O–H groups in total. The van der Waals surface area contributed by atoms with Crippen LogP contribution in [0.15, 0.2) is 24.3 Å². The first kappa shape index (κ1) is 51.1. The molecule has 0 aliphatic rings. The predicted molar refractivity (Wildman–Crippen MR) is 214 cm³/mol. The number of esters is 1. The first-order chi connectivity index (χ1) is 22.8. The van der Waals surface area contributed by atoms with Crippen molar-refractivity contribution in [2.45, 2.75) is 117 Å². The second kappa shape index (κ2) is 34.2. The number of nitrogens with one attached hydrogen (secondary N) is 2. The molecule has 0 saturated carbocycles. The number of carbonyl (C=O) groups is 3. The van der Waals surface area contributed by atoms with E-state index >= 15 is 0 Å². The van der Waals surface area contributed by atoms with Gasteiger partial charge < -0.3 is 24.3 Å². The van der Waals surface area contributed by atoms with Gasteiger partial charge in [0.25, 0.3) is 0 Å². The van der Waals surface area contributed by atoms with Gasteiger partial charge in [0.2, 0.25) is 11.8 Å². The summed E-state index contributed by atoms with van der Waals surface area (Å²) >= 11 is 5.88. The molecule has 0 aromatic heterocycles. The molecule has 10 heteroatoms. The first-order valence-electron chi connectivity index (χ1n) is 18.2. The minimum absolute atomic E-state index is 0.0394. The first-order valence-corrected chi connectivity index (χ1v) is 21.4. The largest absolute Gasteiger partial charge is 0.466 e. The SMILES string of the molecule is C=C(C)C(=O)NCCC[N+](C)(C)CCCCCCCCCOC(=O)CCCCCCCC[N+](C)(C)CCCNC(=O)C(=C)C.CBr.CBr. The molecule has 48 heavy (non-hydrogen) atoms. The lowest BCUT2D eigenvalue weighted by molar-refractivity contribution is -0.890. The third-order valence-electron chi connectivity index (χ3n) is 8.29. The number of amides is 2. The van der Waals surface area contributed by atoms with Crippen LogP contribution in [-0.4, -0.2) is 112 Å². The van der Waals surface area contributed by atoms with Crippen molar-refractivity contribution in [1.29, 1.82) is 0 Å². The molecular formula is C38H76Br2N4O4+2. The number of alkyl halides is 2. The fourth-order valence-corrected chi connectivity index (χ4v) is 5.24. The Labute approximate surface area is 313 Å². The van der Waals surface area contributed by atoms with E-state index in [1.165, 1.54) is 64.3 Å². The number of ether oxygens (including phenoxy) is 1. The summed E-state index contributed by atoms with van der Waals surface area (Å²) in [6, 6.07) is 0. The van der Waals surface area contributed by atoms with Crippen LogP contribution in [0, 0.1) is 0 Å². The number of unbranched alkanes of at least 4 members (excludes halogenated alkanes) is 11. The minimum atomic E-state index is -0.0516. The van der Waals surface area contributed by atoms with Crippen LogP contribution >= 0.6 is 31.9 Å². The Morgan fingerprint density at radius 2 is 0.833 bits per heavy atom. The van der Waals surface area contributed by atoms with Gasteiger partial charge in [0.05, 0.1) is 61.0 Å². The predicted octanol–water partition coefficient (Wildman–Crippen LogP) is 8.33. The lowest BCUT2D eigenvalue weighted by Gasteiger charge is -2.30. The van der Waals surface area contributed by atoms with Gasteiger partial charge in [-0.15, -0.1) is 0 Å². The molecular weight excluding hydrogens is 736 g/mol. The highest BCUT2D eigenvalue weighted by atomic mass is 79.9. The molecule has 0 atom stereocenters. The van der Waals surface area contributed by atoms with Gasteiger partial charge in [-0.05, 0) is 64.0 Å². The fourth-order valence-electron chi connectivity index (χ4n) is 5.24. The van der Waals surface area contributed by atoms with Crippen LogP contribution in [0.2, 0.25) is 0 Å². The van der Waals surface area contributed by atoms with Crippen molar-refractivity contribution in [3.05, 3.63) is 24.3 Å². The highest BCUT2D eigenvalue weighted by molar-refractivity contribution is 9.09. The number of nitrogens with zero attached hydrogens (tertiary/aromatic N) is 2.